The monoisotopic (exact) mass is 445 g/mol. The predicted molar refractivity (Wildman–Crippen MR) is 104 cm³/mol. The lowest BCUT2D eigenvalue weighted by atomic mass is 10.0. The van der Waals surface area contributed by atoms with Crippen LogP contribution in [0.1, 0.15) is 11.7 Å². The fourth-order valence-electron chi connectivity index (χ4n) is 2.73. The Labute approximate surface area is 171 Å². The van der Waals surface area contributed by atoms with Gasteiger partial charge in [0.05, 0.1) is 11.6 Å². The maximum Gasteiger partial charge on any atom is 0.353 e. The third-order valence-electron chi connectivity index (χ3n) is 3.96. The predicted octanol–water partition coefficient (Wildman–Crippen LogP) is 0.566. The van der Waals surface area contributed by atoms with E-state index in [1.165, 1.54) is 36.0 Å². The molecule has 1 saturated heterocycles. The number of methoxy groups -OCH3 is 1. The number of aliphatic carboxylic acids is 1. The van der Waals surface area contributed by atoms with Crippen molar-refractivity contribution in [2.45, 2.75) is 17.5 Å². The van der Waals surface area contributed by atoms with E-state index in [1.807, 2.05) is 0 Å². The van der Waals surface area contributed by atoms with Gasteiger partial charge in [-0.05, 0) is 5.18 Å². The van der Waals surface area contributed by atoms with Crippen LogP contribution in [0.2, 0.25) is 0 Å². The first kappa shape index (κ1) is 20.6. The molecule has 0 spiro atoms. The van der Waals surface area contributed by atoms with Crippen LogP contribution in [0.5, 0.6) is 0 Å². The molecule has 4 N–H and O–H groups in total. The molecule has 2 amide bonds. The molecule has 1 fully saturated rings. The van der Waals surface area contributed by atoms with Gasteiger partial charge in [-0.25, -0.2) is 9.78 Å². The van der Waals surface area contributed by atoms with Gasteiger partial charge < -0.3 is 20.9 Å². The smallest absolute Gasteiger partial charge is 0.353 e. The Morgan fingerprint density at radius 3 is 2.93 bits per heavy atom. The second-order valence-corrected chi connectivity index (χ2v) is 8.65. The Morgan fingerprint density at radius 2 is 2.36 bits per heavy atom. The SMILES string of the molecule is COCSC1=C(C(=O)O)N2C(=O)[C@@H](NC(=O)C(N=O)c3csc(N)n3)[C@H]2SC1. The lowest BCUT2D eigenvalue weighted by molar-refractivity contribution is -0.150. The molecule has 1 aromatic heterocycles. The van der Waals surface area contributed by atoms with Gasteiger partial charge in [0.2, 0.25) is 6.04 Å². The van der Waals surface area contributed by atoms with Crippen LogP contribution in [0.25, 0.3) is 0 Å². The van der Waals surface area contributed by atoms with Crippen LogP contribution in [0.4, 0.5) is 5.13 Å². The number of nitroso groups, excluding NO2 is 1. The van der Waals surface area contributed by atoms with Gasteiger partial charge in [0.25, 0.3) is 11.8 Å². The first-order chi connectivity index (χ1) is 13.4. The van der Waals surface area contributed by atoms with E-state index in [9.17, 15) is 24.4 Å². The van der Waals surface area contributed by atoms with Crippen LogP contribution in [-0.2, 0) is 19.1 Å². The Bertz CT molecular complexity index is 858. The Kier molecular flexibility index (Phi) is 6.22. The molecule has 2 aliphatic rings. The van der Waals surface area contributed by atoms with Crippen molar-refractivity contribution in [2.75, 3.05) is 24.5 Å². The number of nitrogens with zero attached hydrogens (tertiary/aromatic N) is 3. The van der Waals surface area contributed by atoms with Gasteiger partial charge in [-0.1, -0.05) is 11.8 Å². The molecule has 0 bridgehead atoms. The number of rotatable bonds is 8. The summed E-state index contributed by atoms with van der Waals surface area (Å²) in [5.74, 6) is -1.98. The number of carboxylic acid groups (broad SMARTS) is 1. The molecule has 14 heteroatoms. The van der Waals surface area contributed by atoms with E-state index in [1.54, 1.807) is 0 Å². The molecule has 1 aromatic rings. The zero-order chi connectivity index (χ0) is 20.4. The first-order valence-corrected chi connectivity index (χ1v) is 10.7. The van der Waals surface area contributed by atoms with Gasteiger partial charge in [-0.2, -0.15) is 0 Å². The van der Waals surface area contributed by atoms with Gasteiger partial charge in [0, 0.05) is 23.1 Å². The summed E-state index contributed by atoms with van der Waals surface area (Å²) in [6, 6.07) is -2.40. The molecule has 0 aliphatic carbocycles. The lowest BCUT2D eigenvalue weighted by Gasteiger charge is -2.49. The summed E-state index contributed by atoms with van der Waals surface area (Å²) in [4.78, 5) is 53.2. The highest BCUT2D eigenvalue weighted by Crippen LogP contribution is 2.43. The quantitative estimate of drug-likeness (QED) is 0.292. The number of carbonyl (C=O) groups excluding carboxylic acids is 2. The summed E-state index contributed by atoms with van der Waals surface area (Å²) in [6.45, 7) is 0. The highest BCUT2D eigenvalue weighted by molar-refractivity contribution is 8.06. The third-order valence-corrected chi connectivity index (χ3v) is 7.15. The van der Waals surface area contributed by atoms with Crippen LogP contribution >= 0.6 is 34.9 Å². The van der Waals surface area contributed by atoms with Crippen LogP contribution in [-0.4, -0.2) is 63.0 Å². The van der Waals surface area contributed by atoms with Crippen molar-refractivity contribution < 1.29 is 24.2 Å². The second kappa shape index (κ2) is 8.46. The highest BCUT2D eigenvalue weighted by Gasteiger charge is 2.54. The molecule has 3 atom stereocenters. The zero-order valence-electron chi connectivity index (χ0n) is 14.4. The zero-order valence-corrected chi connectivity index (χ0v) is 16.8. The fourth-order valence-corrected chi connectivity index (χ4v) is 5.62. The average molecular weight is 446 g/mol. The number of nitrogens with two attached hydrogens (primary N) is 1. The first-order valence-electron chi connectivity index (χ1n) is 7.75. The normalized spacial score (nSPS) is 22.3. The number of carboxylic acids is 1. The van der Waals surface area contributed by atoms with Crippen molar-refractivity contribution in [3.63, 3.8) is 0 Å². The number of aromatic nitrogens is 1. The number of hydrogen-bond acceptors (Lipinski definition) is 11. The molecule has 0 aromatic carbocycles. The molecule has 28 heavy (non-hydrogen) atoms. The lowest BCUT2D eigenvalue weighted by Crippen LogP contribution is -2.70. The number of fused-ring (bicyclic) bond motifs is 1. The van der Waals surface area contributed by atoms with Crippen molar-refractivity contribution in [3.8, 4) is 0 Å². The largest absolute Gasteiger partial charge is 0.477 e. The van der Waals surface area contributed by atoms with Crippen molar-refractivity contribution >= 4 is 57.8 Å². The van der Waals surface area contributed by atoms with E-state index in [4.69, 9.17) is 10.5 Å². The summed E-state index contributed by atoms with van der Waals surface area (Å²) in [5, 5.41) is 15.8. The average Bonchev–Trinajstić information content (AvgIpc) is 3.09. The van der Waals surface area contributed by atoms with E-state index in [0.29, 0.717) is 10.7 Å². The Hall–Kier alpha value is -2.16. The number of thiazole rings is 1. The van der Waals surface area contributed by atoms with Crippen LogP contribution in [0.3, 0.4) is 0 Å². The number of carbonyl (C=O) groups is 3. The Balaban J connectivity index is 1.74. The molecule has 3 rings (SSSR count). The number of nitrogen functional groups attached to an aromatic ring is 1. The molecule has 1 unspecified atom stereocenters. The molecule has 2 aliphatic heterocycles. The molecule has 11 nitrogen and oxygen atoms in total. The molecule has 3 heterocycles. The van der Waals surface area contributed by atoms with E-state index in [0.717, 1.165) is 16.2 Å². The number of anilines is 1. The number of ether oxygens (including phenoxy) is 1. The second-order valence-electron chi connectivity index (χ2n) is 5.64. The minimum absolute atomic E-state index is 0.0966. The summed E-state index contributed by atoms with van der Waals surface area (Å²) in [5.41, 5.74) is 5.49. The van der Waals surface area contributed by atoms with Crippen molar-refractivity contribution in [3.05, 3.63) is 26.6 Å². The molecule has 0 radical (unpaired) electrons. The summed E-state index contributed by atoms with van der Waals surface area (Å²) < 4.78 is 4.95. The molecule has 0 saturated carbocycles. The number of β-lactam (4-membered cyclic amide) rings is 1. The minimum atomic E-state index is -1.44. The van der Waals surface area contributed by atoms with Crippen molar-refractivity contribution in [1.82, 2.24) is 15.2 Å². The topological polar surface area (TPSA) is 164 Å². The van der Waals surface area contributed by atoms with Gasteiger partial charge in [-0.15, -0.1) is 28.0 Å². The minimum Gasteiger partial charge on any atom is -0.477 e. The van der Waals surface area contributed by atoms with E-state index < -0.39 is 35.2 Å². The van der Waals surface area contributed by atoms with Gasteiger partial charge in [-0.3, -0.25) is 14.5 Å². The molecular formula is C14H15N5O6S3. The van der Waals surface area contributed by atoms with Crippen molar-refractivity contribution in [1.29, 1.82) is 0 Å². The number of thioether (sulfide) groups is 2. The Morgan fingerprint density at radius 1 is 1.61 bits per heavy atom. The van der Waals surface area contributed by atoms with Crippen molar-refractivity contribution in [2.24, 2.45) is 5.18 Å². The fraction of sp³-hybridized carbons (Fsp3) is 0.429. The maximum absolute atomic E-state index is 12.5. The third kappa shape index (κ3) is 3.72. The van der Waals surface area contributed by atoms with E-state index in [2.05, 4.69) is 15.5 Å². The summed E-state index contributed by atoms with van der Waals surface area (Å²) >= 11 is 3.57. The van der Waals surface area contributed by atoms with Gasteiger partial charge >= 0.3 is 5.97 Å². The number of amides is 2. The summed E-state index contributed by atoms with van der Waals surface area (Å²) in [6.07, 6.45) is 0. The van der Waals surface area contributed by atoms with Gasteiger partial charge in [0.1, 0.15) is 17.1 Å². The number of hydrogen-bond donors (Lipinski definition) is 3. The van der Waals surface area contributed by atoms with E-state index >= 15 is 0 Å². The standard InChI is InChI=1S/C14H15N5O6S3/c1-25-4-28-6-3-26-12-8(11(21)19(12)9(6)13(22)23)17-10(20)7(18-24)5-2-27-14(15)16-5/h2,7-8,12H,3-4H2,1H3,(H2,15,16)(H,17,20)(H,22,23)/t7?,8-,12-/m1/s1. The number of nitrogens with one attached hydrogen (secondary N) is 1. The molecular weight excluding hydrogens is 430 g/mol. The summed E-state index contributed by atoms with van der Waals surface area (Å²) in [7, 11) is 1.49. The van der Waals surface area contributed by atoms with E-state index in [-0.39, 0.29) is 22.5 Å². The maximum atomic E-state index is 12.5. The molecule has 150 valence electrons. The highest BCUT2D eigenvalue weighted by atomic mass is 32.2. The van der Waals surface area contributed by atoms with Crippen LogP contribution in [0, 0.1) is 4.91 Å². The van der Waals surface area contributed by atoms with Crippen LogP contribution < -0.4 is 11.1 Å². The van der Waals surface area contributed by atoms with Crippen LogP contribution in [0.15, 0.2) is 21.2 Å². The van der Waals surface area contributed by atoms with Gasteiger partial charge in [0.15, 0.2) is 5.13 Å².